The Kier molecular flexibility index (Phi) is 8.07. The van der Waals surface area contributed by atoms with Gasteiger partial charge >= 0.3 is 0 Å². The van der Waals surface area contributed by atoms with Crippen LogP contribution in [0.5, 0.6) is 0 Å². The maximum Gasteiger partial charge on any atom is 0.0247 e. The molecule has 0 aromatic heterocycles. The van der Waals surface area contributed by atoms with Gasteiger partial charge in [0.15, 0.2) is 0 Å². The lowest BCUT2D eigenvalue weighted by molar-refractivity contribution is 0.332. The van der Waals surface area contributed by atoms with Gasteiger partial charge in [0, 0.05) is 38.2 Å². The average Bonchev–Trinajstić information content (AvgIpc) is 3.22. The molecule has 0 saturated carbocycles. The normalized spacial score (nSPS) is 17.7. The molecule has 0 atom stereocenters. The van der Waals surface area contributed by atoms with Crippen LogP contribution in [-0.2, 0) is 13.1 Å². The van der Waals surface area contributed by atoms with Crippen molar-refractivity contribution in [2.75, 3.05) is 25.1 Å². The van der Waals surface area contributed by atoms with Crippen molar-refractivity contribution in [2.45, 2.75) is 13.1 Å². The van der Waals surface area contributed by atoms with E-state index < -0.39 is 15.8 Å². The molecule has 0 aliphatic carbocycles. The molecule has 1 aliphatic heterocycles. The molecule has 260 valence electrons. The zero-order valence-electron chi connectivity index (χ0n) is 30.2. The largest absolute Gasteiger partial charge is 0.290 e. The monoisotopic (exact) mass is 730 g/mol. The van der Waals surface area contributed by atoms with E-state index in [2.05, 4.69) is 180 Å². The molecule has 1 fully saturated rings. The van der Waals surface area contributed by atoms with Crippen molar-refractivity contribution in [1.82, 2.24) is 9.80 Å². The van der Waals surface area contributed by atoms with E-state index in [4.69, 9.17) is 0 Å². The first-order chi connectivity index (χ1) is 26.7. The van der Waals surface area contributed by atoms with Gasteiger partial charge in [0.25, 0.3) is 0 Å². The van der Waals surface area contributed by atoms with E-state index in [1.807, 2.05) is 0 Å². The molecule has 11 rings (SSSR count). The summed E-state index contributed by atoms with van der Waals surface area (Å²) in [6.07, 6.45) is 4.34. The second-order valence-electron chi connectivity index (χ2n) is 15.1. The van der Waals surface area contributed by atoms with E-state index in [1.54, 1.807) is 0 Å². The maximum atomic E-state index is 2.83. The van der Waals surface area contributed by atoms with Gasteiger partial charge in [0.2, 0.25) is 0 Å². The predicted molar refractivity (Wildman–Crippen MR) is 237 cm³/mol. The lowest BCUT2D eigenvalue weighted by Crippen LogP contribution is -2.37. The van der Waals surface area contributed by atoms with Crippen molar-refractivity contribution in [2.24, 2.45) is 0 Å². The lowest BCUT2D eigenvalue weighted by atomic mass is 9.92. The molecule has 0 amide bonds. The summed E-state index contributed by atoms with van der Waals surface area (Å²) in [7, 11) is -0.946. The molecule has 1 saturated heterocycles. The molecule has 1 heterocycles. The summed E-state index contributed by atoms with van der Waals surface area (Å²) in [5.74, 6) is 0. The van der Waals surface area contributed by atoms with Gasteiger partial charge in [0.05, 0.1) is 0 Å². The molecule has 10 aromatic rings. The molecule has 0 radical (unpaired) electrons. The highest BCUT2D eigenvalue weighted by Crippen LogP contribution is 2.47. The van der Waals surface area contributed by atoms with E-state index in [0.29, 0.717) is 0 Å². The van der Waals surface area contributed by atoms with Crippen LogP contribution >= 0.6 is 15.8 Å². The van der Waals surface area contributed by atoms with Crippen molar-refractivity contribution in [3.63, 3.8) is 0 Å². The summed E-state index contributed by atoms with van der Waals surface area (Å²) < 4.78 is 0. The molecule has 0 bridgehead atoms. The number of hydrogen-bond donors (Lipinski definition) is 0. The van der Waals surface area contributed by atoms with Gasteiger partial charge in [-0.2, -0.15) is 0 Å². The van der Waals surface area contributed by atoms with Crippen molar-refractivity contribution >= 4 is 91.1 Å². The Labute approximate surface area is 318 Å². The van der Waals surface area contributed by atoms with Crippen LogP contribution in [-0.4, -0.2) is 34.9 Å². The third-order valence-corrected chi connectivity index (χ3v) is 16.8. The van der Waals surface area contributed by atoms with Crippen molar-refractivity contribution < 1.29 is 0 Å². The molecule has 4 heteroatoms. The fraction of sp³-hybridized carbons (Fsp3) is 0.120. The van der Waals surface area contributed by atoms with Crippen LogP contribution in [0.1, 0.15) is 11.1 Å². The summed E-state index contributed by atoms with van der Waals surface area (Å²) >= 11 is 0. The number of nitrogens with zero attached hydrogens (tertiary/aromatic N) is 2. The van der Waals surface area contributed by atoms with E-state index in [9.17, 15) is 0 Å². The van der Waals surface area contributed by atoms with E-state index in [-0.39, 0.29) is 0 Å². The minimum absolute atomic E-state index is 0.473. The molecule has 0 unspecified atom stereocenters. The van der Waals surface area contributed by atoms with Crippen LogP contribution in [0.4, 0.5) is 0 Å². The first kappa shape index (κ1) is 32.5. The van der Waals surface area contributed by atoms with Crippen LogP contribution in [0.2, 0.25) is 0 Å². The maximum absolute atomic E-state index is 2.83. The minimum Gasteiger partial charge on any atom is -0.290 e. The summed E-state index contributed by atoms with van der Waals surface area (Å²) in [6.45, 7) is 1.92. The molecule has 0 spiro atoms. The molecular weight excluding hydrogens is 691 g/mol. The molecule has 0 N–H and O–H groups in total. The van der Waals surface area contributed by atoms with Crippen molar-refractivity contribution in [3.05, 3.63) is 181 Å². The van der Waals surface area contributed by atoms with Crippen molar-refractivity contribution in [3.8, 4) is 0 Å². The van der Waals surface area contributed by atoms with Gasteiger partial charge in [-0.05, 0) is 102 Å². The van der Waals surface area contributed by atoms with Crippen LogP contribution in [0.15, 0.2) is 170 Å². The first-order valence-electron chi connectivity index (χ1n) is 19.1. The number of benzene rings is 10. The lowest BCUT2D eigenvalue weighted by Gasteiger charge is -2.40. The van der Waals surface area contributed by atoms with Crippen LogP contribution < -0.4 is 10.6 Å². The standard InChI is InChI=1S/C50H40N2P2/c1-3-13-43(14-4-1)53-31-51(29-41-23-21-39-19-17-35-9-7-11-37-25-27-45(41)49(39)47(35)37)33-54(44-15-5-2-6-16-44)34-52(32-53)30-42-24-22-40-20-18-36-10-8-12-38-26-28-46(42)50(40)48(36)38/h1-28H,29-34H2. The topological polar surface area (TPSA) is 6.48 Å². The molecule has 54 heavy (non-hydrogen) atoms. The van der Waals surface area contributed by atoms with E-state index in [0.717, 1.165) is 38.2 Å². The summed E-state index contributed by atoms with van der Waals surface area (Å²) in [6, 6.07) is 64.5. The highest BCUT2D eigenvalue weighted by atomic mass is 31.1. The Morgan fingerprint density at radius 3 is 1.04 bits per heavy atom. The third-order valence-electron chi connectivity index (χ3n) is 11.8. The van der Waals surface area contributed by atoms with Crippen LogP contribution in [0, 0.1) is 0 Å². The fourth-order valence-electron chi connectivity index (χ4n) is 9.30. The Morgan fingerprint density at radius 2 is 0.648 bits per heavy atom. The van der Waals surface area contributed by atoms with E-state index in [1.165, 1.54) is 86.4 Å². The first-order valence-corrected chi connectivity index (χ1v) is 22.5. The average molecular weight is 731 g/mol. The minimum atomic E-state index is -0.473. The second kappa shape index (κ2) is 13.4. The second-order valence-corrected chi connectivity index (χ2v) is 19.5. The van der Waals surface area contributed by atoms with Gasteiger partial charge in [-0.15, -0.1) is 0 Å². The SMILES string of the molecule is c1ccc(P2CN(Cc3ccc4ccc5cccc6ccc3c4c56)CP(c3ccccc3)CN(Cc3ccc4ccc5cccc6ccc3c4c56)C2)cc1. The summed E-state index contributed by atoms with van der Waals surface area (Å²) in [5, 5.41) is 19.5. The summed E-state index contributed by atoms with van der Waals surface area (Å²) in [5.41, 5.74) is 2.88. The summed E-state index contributed by atoms with van der Waals surface area (Å²) in [4.78, 5) is 5.66. The number of rotatable bonds is 6. The van der Waals surface area contributed by atoms with Crippen LogP contribution in [0.3, 0.4) is 0 Å². The Bertz CT molecular complexity index is 2680. The Balaban J connectivity index is 0.993. The van der Waals surface area contributed by atoms with Gasteiger partial charge in [-0.1, -0.05) is 170 Å². The Hall–Kier alpha value is -4.94. The molecule has 2 nitrogen and oxygen atoms in total. The molecule has 10 aromatic carbocycles. The third kappa shape index (κ3) is 5.64. The van der Waals surface area contributed by atoms with Gasteiger partial charge in [-0.3, -0.25) is 9.80 Å². The predicted octanol–water partition coefficient (Wildman–Crippen LogP) is 12.2. The highest BCUT2D eigenvalue weighted by Gasteiger charge is 2.29. The molecule has 1 aliphatic rings. The van der Waals surface area contributed by atoms with E-state index >= 15 is 0 Å². The highest BCUT2D eigenvalue weighted by molar-refractivity contribution is 7.67. The van der Waals surface area contributed by atoms with Crippen molar-refractivity contribution in [1.29, 1.82) is 0 Å². The number of hydrogen-bond acceptors (Lipinski definition) is 2. The fourth-order valence-corrected chi connectivity index (χ4v) is 14.4. The zero-order valence-corrected chi connectivity index (χ0v) is 32.0. The smallest absolute Gasteiger partial charge is 0.0247 e. The van der Waals surface area contributed by atoms with Gasteiger partial charge < -0.3 is 0 Å². The molecular formula is C50H40N2P2. The van der Waals surface area contributed by atoms with Gasteiger partial charge in [-0.25, -0.2) is 0 Å². The van der Waals surface area contributed by atoms with Crippen LogP contribution in [0.25, 0.3) is 64.6 Å². The Morgan fingerprint density at radius 1 is 0.315 bits per heavy atom. The quantitative estimate of drug-likeness (QED) is 0.124. The van der Waals surface area contributed by atoms with Gasteiger partial charge in [0.1, 0.15) is 0 Å². The zero-order chi connectivity index (χ0) is 35.6.